The van der Waals surface area contributed by atoms with Crippen LogP contribution in [0, 0.1) is 16.7 Å². The van der Waals surface area contributed by atoms with Gasteiger partial charge in [0.2, 0.25) is 5.91 Å². The van der Waals surface area contributed by atoms with E-state index >= 15 is 0 Å². The monoisotopic (exact) mass is 291 g/mol. The van der Waals surface area contributed by atoms with E-state index in [1.807, 2.05) is 11.8 Å². The number of carbonyl (C=O) groups excluding carboxylic acids is 1. The van der Waals surface area contributed by atoms with Crippen LogP contribution in [0.1, 0.15) is 58.3 Å². The summed E-state index contributed by atoms with van der Waals surface area (Å²) >= 11 is 0. The minimum Gasteiger partial charge on any atom is -0.343 e. The molecule has 2 fully saturated rings. The molecular weight excluding hydrogens is 262 g/mol. The van der Waals surface area contributed by atoms with Crippen LogP contribution in [-0.4, -0.2) is 48.4 Å². The predicted octanol–water partition coefficient (Wildman–Crippen LogP) is 2.79. The Morgan fingerprint density at radius 1 is 1.10 bits per heavy atom. The molecule has 1 amide bonds. The van der Waals surface area contributed by atoms with Crippen LogP contribution >= 0.6 is 0 Å². The maximum Gasteiger partial charge on any atom is 0.222 e. The molecule has 0 aromatic rings. The Bertz CT molecular complexity index is 372. The Hall–Kier alpha value is -1.08. The van der Waals surface area contributed by atoms with Gasteiger partial charge in [0.1, 0.15) is 0 Å². The second kappa shape index (κ2) is 7.79. The third-order valence-electron chi connectivity index (χ3n) is 5.05. The van der Waals surface area contributed by atoms with Gasteiger partial charge in [-0.05, 0) is 58.7 Å². The molecule has 0 aromatic heterocycles. The molecule has 2 heterocycles. The Kier molecular flexibility index (Phi) is 6.05. The van der Waals surface area contributed by atoms with Gasteiger partial charge < -0.3 is 9.80 Å². The van der Waals surface area contributed by atoms with Crippen molar-refractivity contribution in [2.75, 3.05) is 32.7 Å². The van der Waals surface area contributed by atoms with Crippen molar-refractivity contribution in [1.82, 2.24) is 9.80 Å². The molecule has 4 nitrogen and oxygen atoms in total. The zero-order valence-electron chi connectivity index (χ0n) is 13.4. The molecule has 0 spiro atoms. The van der Waals surface area contributed by atoms with Crippen LogP contribution in [0.5, 0.6) is 0 Å². The molecule has 2 aliphatic rings. The van der Waals surface area contributed by atoms with Gasteiger partial charge in [0.05, 0.1) is 11.5 Å². The largest absolute Gasteiger partial charge is 0.343 e. The normalized spacial score (nSPS) is 23.3. The summed E-state index contributed by atoms with van der Waals surface area (Å²) in [4.78, 5) is 16.7. The van der Waals surface area contributed by atoms with Gasteiger partial charge in [-0.1, -0.05) is 12.8 Å². The summed E-state index contributed by atoms with van der Waals surface area (Å²) in [6.45, 7) is 7.00. The molecule has 0 aromatic carbocycles. The molecule has 0 bridgehead atoms. The minimum atomic E-state index is -0.219. The number of nitriles is 1. The smallest absolute Gasteiger partial charge is 0.222 e. The third-order valence-corrected chi connectivity index (χ3v) is 5.05. The van der Waals surface area contributed by atoms with E-state index in [0.717, 1.165) is 38.9 Å². The molecule has 2 saturated heterocycles. The number of carbonyl (C=O) groups is 1. The van der Waals surface area contributed by atoms with E-state index in [1.165, 1.54) is 38.8 Å². The van der Waals surface area contributed by atoms with Gasteiger partial charge in [0.15, 0.2) is 0 Å². The first kappa shape index (κ1) is 16.3. The van der Waals surface area contributed by atoms with Crippen molar-refractivity contribution in [3.8, 4) is 6.07 Å². The first-order chi connectivity index (χ1) is 10.1. The first-order valence-electron chi connectivity index (χ1n) is 8.54. The van der Waals surface area contributed by atoms with E-state index in [9.17, 15) is 4.79 Å². The predicted molar refractivity (Wildman–Crippen MR) is 83.7 cm³/mol. The Labute approximate surface area is 129 Å². The molecule has 2 aliphatic heterocycles. The lowest BCUT2D eigenvalue weighted by molar-refractivity contribution is -0.133. The number of hydrogen-bond acceptors (Lipinski definition) is 3. The van der Waals surface area contributed by atoms with E-state index < -0.39 is 0 Å². The van der Waals surface area contributed by atoms with Crippen LogP contribution in [0.4, 0.5) is 0 Å². The molecule has 118 valence electrons. The van der Waals surface area contributed by atoms with E-state index in [-0.39, 0.29) is 11.3 Å². The van der Waals surface area contributed by atoms with Crippen LogP contribution in [0.15, 0.2) is 0 Å². The summed E-state index contributed by atoms with van der Waals surface area (Å²) in [6, 6.07) is 2.39. The maximum atomic E-state index is 12.2. The summed E-state index contributed by atoms with van der Waals surface area (Å²) in [7, 11) is 0. The van der Waals surface area contributed by atoms with Crippen molar-refractivity contribution < 1.29 is 4.79 Å². The van der Waals surface area contributed by atoms with Crippen LogP contribution in [0.25, 0.3) is 0 Å². The van der Waals surface area contributed by atoms with Crippen molar-refractivity contribution in [3.63, 3.8) is 0 Å². The number of nitrogens with zero attached hydrogens (tertiary/aromatic N) is 3. The van der Waals surface area contributed by atoms with Gasteiger partial charge in [0, 0.05) is 19.5 Å². The van der Waals surface area contributed by atoms with E-state index in [0.29, 0.717) is 6.42 Å². The van der Waals surface area contributed by atoms with Gasteiger partial charge in [0.25, 0.3) is 0 Å². The lowest BCUT2D eigenvalue weighted by Gasteiger charge is -2.35. The highest BCUT2D eigenvalue weighted by Crippen LogP contribution is 2.30. The van der Waals surface area contributed by atoms with Crippen LogP contribution in [0.3, 0.4) is 0 Å². The third kappa shape index (κ3) is 5.00. The van der Waals surface area contributed by atoms with Crippen LogP contribution in [0.2, 0.25) is 0 Å². The van der Waals surface area contributed by atoms with Crippen molar-refractivity contribution in [1.29, 1.82) is 5.26 Å². The molecule has 0 radical (unpaired) electrons. The number of likely N-dealkylation sites (tertiary alicyclic amines) is 2. The fourth-order valence-electron chi connectivity index (χ4n) is 3.33. The standard InChI is InChI=1S/C17H29N3O/c1-17(15-18)8-13-20(14-9-17)16(21)7-6-12-19-10-4-2-3-5-11-19/h2-14H2,1H3. The zero-order valence-corrected chi connectivity index (χ0v) is 13.4. The molecular formula is C17H29N3O. The summed E-state index contributed by atoms with van der Waals surface area (Å²) in [6.07, 6.45) is 8.63. The Balaban J connectivity index is 1.65. The lowest BCUT2D eigenvalue weighted by Crippen LogP contribution is -2.41. The molecule has 4 heteroatoms. The summed E-state index contributed by atoms with van der Waals surface area (Å²) in [5.74, 6) is 0.282. The molecule has 0 aliphatic carbocycles. The minimum absolute atomic E-state index is 0.219. The van der Waals surface area contributed by atoms with Gasteiger partial charge in [-0.15, -0.1) is 0 Å². The number of piperidine rings is 1. The molecule has 0 saturated carbocycles. The second-order valence-electron chi connectivity index (χ2n) is 6.91. The fourth-order valence-corrected chi connectivity index (χ4v) is 3.33. The number of hydrogen-bond donors (Lipinski definition) is 0. The SMILES string of the molecule is CC1(C#N)CCN(C(=O)CCCN2CCCCCC2)CC1. The van der Waals surface area contributed by atoms with Crippen molar-refractivity contribution in [2.45, 2.75) is 58.3 Å². The highest BCUT2D eigenvalue weighted by Gasteiger charge is 2.31. The zero-order chi connectivity index (χ0) is 15.1. The van der Waals surface area contributed by atoms with Crippen molar-refractivity contribution in [2.24, 2.45) is 5.41 Å². The van der Waals surface area contributed by atoms with Crippen molar-refractivity contribution >= 4 is 5.91 Å². The number of amides is 1. The molecule has 21 heavy (non-hydrogen) atoms. The molecule has 2 rings (SSSR count). The van der Waals surface area contributed by atoms with E-state index in [4.69, 9.17) is 5.26 Å². The summed E-state index contributed by atoms with van der Waals surface area (Å²) < 4.78 is 0. The van der Waals surface area contributed by atoms with Gasteiger partial charge in [-0.2, -0.15) is 5.26 Å². The van der Waals surface area contributed by atoms with Crippen LogP contribution in [-0.2, 0) is 4.79 Å². The first-order valence-corrected chi connectivity index (χ1v) is 8.54. The topological polar surface area (TPSA) is 47.3 Å². The van der Waals surface area contributed by atoms with Gasteiger partial charge >= 0.3 is 0 Å². The highest BCUT2D eigenvalue weighted by molar-refractivity contribution is 5.76. The second-order valence-corrected chi connectivity index (χ2v) is 6.91. The molecule has 0 N–H and O–H groups in total. The maximum absolute atomic E-state index is 12.2. The highest BCUT2D eigenvalue weighted by atomic mass is 16.2. The van der Waals surface area contributed by atoms with Gasteiger partial charge in [-0.25, -0.2) is 0 Å². The lowest BCUT2D eigenvalue weighted by atomic mass is 9.82. The van der Waals surface area contributed by atoms with E-state index in [1.54, 1.807) is 0 Å². The molecule has 0 atom stereocenters. The average Bonchev–Trinajstić information content (AvgIpc) is 2.77. The average molecular weight is 291 g/mol. The van der Waals surface area contributed by atoms with E-state index in [2.05, 4.69) is 11.0 Å². The van der Waals surface area contributed by atoms with Gasteiger partial charge in [-0.3, -0.25) is 4.79 Å². The Morgan fingerprint density at radius 3 is 2.29 bits per heavy atom. The number of rotatable bonds is 4. The fraction of sp³-hybridized carbons (Fsp3) is 0.882. The van der Waals surface area contributed by atoms with Crippen molar-refractivity contribution in [3.05, 3.63) is 0 Å². The summed E-state index contributed by atoms with van der Waals surface area (Å²) in [5.41, 5.74) is -0.219. The van der Waals surface area contributed by atoms with Crippen LogP contribution < -0.4 is 0 Å². The Morgan fingerprint density at radius 2 is 1.71 bits per heavy atom. The molecule has 0 unspecified atom stereocenters. The quantitative estimate of drug-likeness (QED) is 0.800. The summed E-state index contributed by atoms with van der Waals surface area (Å²) in [5, 5.41) is 9.12.